The third-order valence-corrected chi connectivity index (χ3v) is 3.18. The van der Waals surface area contributed by atoms with E-state index in [2.05, 4.69) is 5.32 Å². The molecule has 0 fully saturated rings. The molecule has 86 valence electrons. The SMILES string of the molecule is O=C1CC(c2ccco2)c2ccc(Cl)cc2N1. The molecule has 0 saturated carbocycles. The van der Waals surface area contributed by atoms with Crippen LogP contribution in [0.3, 0.4) is 0 Å². The molecule has 1 amide bonds. The summed E-state index contributed by atoms with van der Waals surface area (Å²) in [6.45, 7) is 0. The highest BCUT2D eigenvalue weighted by molar-refractivity contribution is 6.31. The third-order valence-electron chi connectivity index (χ3n) is 2.94. The van der Waals surface area contributed by atoms with Crippen LogP contribution in [0.4, 0.5) is 5.69 Å². The molecule has 1 aromatic carbocycles. The number of hydrogen-bond donors (Lipinski definition) is 1. The number of nitrogens with one attached hydrogen (secondary N) is 1. The smallest absolute Gasteiger partial charge is 0.225 e. The fourth-order valence-electron chi connectivity index (χ4n) is 2.18. The van der Waals surface area contributed by atoms with E-state index in [-0.39, 0.29) is 11.8 Å². The monoisotopic (exact) mass is 247 g/mol. The summed E-state index contributed by atoms with van der Waals surface area (Å²) in [6.07, 6.45) is 2.03. The Kier molecular flexibility index (Phi) is 2.41. The molecule has 0 bridgehead atoms. The second-order valence-corrected chi connectivity index (χ2v) is 4.49. The van der Waals surface area contributed by atoms with E-state index in [1.807, 2.05) is 24.3 Å². The zero-order valence-electron chi connectivity index (χ0n) is 8.94. The van der Waals surface area contributed by atoms with E-state index in [9.17, 15) is 4.79 Å². The number of benzene rings is 1. The van der Waals surface area contributed by atoms with Crippen LogP contribution < -0.4 is 5.32 Å². The molecule has 1 N–H and O–H groups in total. The van der Waals surface area contributed by atoms with Crippen molar-refractivity contribution in [2.45, 2.75) is 12.3 Å². The largest absolute Gasteiger partial charge is 0.469 e. The highest BCUT2D eigenvalue weighted by Crippen LogP contribution is 2.38. The van der Waals surface area contributed by atoms with E-state index < -0.39 is 0 Å². The number of fused-ring (bicyclic) bond motifs is 1. The average Bonchev–Trinajstić information content (AvgIpc) is 2.80. The number of halogens is 1. The van der Waals surface area contributed by atoms with Crippen molar-refractivity contribution in [1.29, 1.82) is 0 Å². The number of anilines is 1. The molecule has 0 aliphatic carbocycles. The van der Waals surface area contributed by atoms with Crippen molar-refractivity contribution < 1.29 is 9.21 Å². The van der Waals surface area contributed by atoms with Crippen LogP contribution in [0.5, 0.6) is 0 Å². The first-order valence-corrected chi connectivity index (χ1v) is 5.74. The molecule has 3 rings (SSSR count). The number of hydrogen-bond acceptors (Lipinski definition) is 2. The fraction of sp³-hybridized carbons (Fsp3) is 0.154. The number of carbonyl (C=O) groups excluding carboxylic acids is 1. The second-order valence-electron chi connectivity index (χ2n) is 4.05. The fourth-order valence-corrected chi connectivity index (χ4v) is 2.35. The van der Waals surface area contributed by atoms with E-state index in [0.717, 1.165) is 17.0 Å². The summed E-state index contributed by atoms with van der Waals surface area (Å²) in [5, 5.41) is 3.44. The van der Waals surface area contributed by atoms with Gasteiger partial charge in [0.1, 0.15) is 5.76 Å². The van der Waals surface area contributed by atoms with Crippen LogP contribution in [-0.2, 0) is 4.79 Å². The van der Waals surface area contributed by atoms with E-state index in [1.165, 1.54) is 0 Å². The van der Waals surface area contributed by atoms with Gasteiger partial charge in [0.2, 0.25) is 5.91 Å². The second kappa shape index (κ2) is 3.93. The van der Waals surface area contributed by atoms with Crippen LogP contribution in [-0.4, -0.2) is 5.91 Å². The van der Waals surface area contributed by atoms with Crippen molar-refractivity contribution in [3.05, 3.63) is 52.9 Å². The number of carbonyl (C=O) groups is 1. The van der Waals surface area contributed by atoms with E-state index in [4.69, 9.17) is 16.0 Å². The lowest BCUT2D eigenvalue weighted by Gasteiger charge is -2.24. The number of rotatable bonds is 1. The lowest BCUT2D eigenvalue weighted by atomic mass is 9.89. The molecule has 1 aliphatic rings. The molecule has 1 unspecified atom stereocenters. The molecule has 2 heterocycles. The molecule has 1 aliphatic heterocycles. The lowest BCUT2D eigenvalue weighted by Crippen LogP contribution is -2.23. The Morgan fingerprint density at radius 1 is 1.35 bits per heavy atom. The standard InChI is InChI=1S/C13H10ClNO2/c14-8-3-4-9-10(12-2-1-5-17-12)7-13(16)15-11(9)6-8/h1-6,10H,7H2,(H,15,16). The maximum absolute atomic E-state index is 11.6. The minimum atomic E-state index is -0.0222. The zero-order valence-corrected chi connectivity index (χ0v) is 9.70. The van der Waals surface area contributed by atoms with Crippen molar-refractivity contribution in [1.82, 2.24) is 0 Å². The minimum absolute atomic E-state index is 0.0128. The van der Waals surface area contributed by atoms with Gasteiger partial charge >= 0.3 is 0 Å². The Bertz CT molecular complexity index is 563. The van der Waals surface area contributed by atoms with Crippen molar-refractivity contribution in [2.75, 3.05) is 5.32 Å². The van der Waals surface area contributed by atoms with Gasteiger partial charge in [-0.2, -0.15) is 0 Å². The summed E-state index contributed by atoms with van der Waals surface area (Å²) in [6, 6.07) is 9.25. The summed E-state index contributed by atoms with van der Waals surface area (Å²) in [5.41, 5.74) is 1.82. The number of furan rings is 1. The highest BCUT2D eigenvalue weighted by atomic mass is 35.5. The Balaban J connectivity index is 2.11. The van der Waals surface area contributed by atoms with Crippen LogP contribution in [0, 0.1) is 0 Å². The van der Waals surface area contributed by atoms with Crippen LogP contribution in [0.15, 0.2) is 41.0 Å². The predicted octanol–water partition coefficient (Wildman–Crippen LogP) is 3.41. The van der Waals surface area contributed by atoms with Crippen LogP contribution in [0.1, 0.15) is 23.7 Å². The van der Waals surface area contributed by atoms with Gasteiger partial charge in [-0.15, -0.1) is 0 Å². The topological polar surface area (TPSA) is 42.2 Å². The summed E-state index contributed by atoms with van der Waals surface area (Å²) >= 11 is 5.92. The maximum Gasteiger partial charge on any atom is 0.225 e. The van der Waals surface area contributed by atoms with Gasteiger partial charge in [0.25, 0.3) is 0 Å². The summed E-state index contributed by atoms with van der Waals surface area (Å²) in [4.78, 5) is 11.6. The Morgan fingerprint density at radius 2 is 2.24 bits per heavy atom. The first-order valence-electron chi connectivity index (χ1n) is 5.37. The Morgan fingerprint density at radius 3 is 3.00 bits per heavy atom. The maximum atomic E-state index is 11.6. The van der Waals surface area contributed by atoms with Gasteiger partial charge in [0.05, 0.1) is 12.2 Å². The molecule has 2 aromatic rings. The van der Waals surface area contributed by atoms with Gasteiger partial charge < -0.3 is 9.73 Å². The molecular formula is C13H10ClNO2. The van der Waals surface area contributed by atoms with E-state index in [1.54, 1.807) is 12.3 Å². The molecule has 0 spiro atoms. The molecule has 1 atom stereocenters. The van der Waals surface area contributed by atoms with E-state index in [0.29, 0.717) is 11.4 Å². The summed E-state index contributed by atoms with van der Waals surface area (Å²) in [7, 11) is 0. The summed E-state index contributed by atoms with van der Waals surface area (Å²) in [5.74, 6) is 0.774. The Labute approximate surface area is 103 Å². The van der Waals surface area contributed by atoms with Crippen LogP contribution in [0.2, 0.25) is 5.02 Å². The Hall–Kier alpha value is -1.74. The quantitative estimate of drug-likeness (QED) is 0.839. The van der Waals surface area contributed by atoms with Gasteiger partial charge in [0, 0.05) is 17.1 Å². The highest BCUT2D eigenvalue weighted by Gasteiger charge is 2.28. The van der Waals surface area contributed by atoms with Gasteiger partial charge in [0.15, 0.2) is 0 Å². The van der Waals surface area contributed by atoms with Crippen molar-refractivity contribution in [2.24, 2.45) is 0 Å². The summed E-state index contributed by atoms with van der Waals surface area (Å²) < 4.78 is 5.40. The lowest BCUT2D eigenvalue weighted by molar-refractivity contribution is -0.116. The van der Waals surface area contributed by atoms with Crippen LogP contribution >= 0.6 is 11.6 Å². The molecule has 0 saturated heterocycles. The zero-order chi connectivity index (χ0) is 11.8. The molecular weight excluding hydrogens is 238 g/mol. The first-order chi connectivity index (χ1) is 8.24. The predicted molar refractivity (Wildman–Crippen MR) is 65.2 cm³/mol. The molecule has 1 aromatic heterocycles. The molecule has 0 radical (unpaired) electrons. The van der Waals surface area contributed by atoms with Gasteiger partial charge in [-0.05, 0) is 29.8 Å². The van der Waals surface area contributed by atoms with Crippen LogP contribution in [0.25, 0.3) is 0 Å². The van der Waals surface area contributed by atoms with Crippen molar-refractivity contribution in [3.8, 4) is 0 Å². The van der Waals surface area contributed by atoms with Crippen molar-refractivity contribution in [3.63, 3.8) is 0 Å². The van der Waals surface area contributed by atoms with Crippen molar-refractivity contribution >= 4 is 23.2 Å². The average molecular weight is 248 g/mol. The van der Waals surface area contributed by atoms with Gasteiger partial charge in [-0.3, -0.25) is 4.79 Å². The van der Waals surface area contributed by atoms with E-state index >= 15 is 0 Å². The van der Waals surface area contributed by atoms with Gasteiger partial charge in [-0.25, -0.2) is 0 Å². The molecule has 4 heteroatoms. The minimum Gasteiger partial charge on any atom is -0.469 e. The normalized spacial score (nSPS) is 18.6. The van der Waals surface area contributed by atoms with Gasteiger partial charge in [-0.1, -0.05) is 17.7 Å². The molecule has 17 heavy (non-hydrogen) atoms. The first kappa shape index (κ1) is 10.4. The number of amides is 1. The third kappa shape index (κ3) is 1.83. The molecule has 3 nitrogen and oxygen atoms in total.